The molecule has 0 aliphatic carbocycles. The van der Waals surface area contributed by atoms with Crippen LogP contribution >= 0.6 is 0 Å². The molecule has 0 amide bonds. The molecule has 1 atom stereocenters. The third-order valence-electron chi connectivity index (χ3n) is 3.44. The van der Waals surface area contributed by atoms with Gasteiger partial charge in [-0.25, -0.2) is 8.42 Å². The molecule has 0 unspecified atom stereocenters. The van der Waals surface area contributed by atoms with Gasteiger partial charge in [-0.2, -0.15) is 4.31 Å². The van der Waals surface area contributed by atoms with Crippen LogP contribution in [0.4, 0.5) is 0 Å². The summed E-state index contributed by atoms with van der Waals surface area (Å²) in [5.74, 6) is -1.18. The quantitative estimate of drug-likeness (QED) is 0.921. The number of hydrogen-bond donors (Lipinski definition) is 1. The van der Waals surface area contributed by atoms with Gasteiger partial charge < -0.3 is 9.67 Å². The highest BCUT2D eigenvalue weighted by atomic mass is 32.2. The zero-order valence-corrected chi connectivity index (χ0v) is 12.3. The molecule has 0 saturated carbocycles. The molecule has 0 fully saturated rings. The van der Waals surface area contributed by atoms with Crippen LogP contribution in [-0.4, -0.2) is 41.5 Å². The monoisotopic (exact) mass is 296 g/mol. The Hall–Kier alpha value is -1.86. The third kappa shape index (κ3) is 2.30. The highest BCUT2D eigenvalue weighted by Crippen LogP contribution is 2.22. The maximum Gasteiger partial charge on any atom is 0.321 e. The largest absolute Gasteiger partial charge is 0.480 e. The van der Waals surface area contributed by atoms with Crippen molar-refractivity contribution in [2.24, 2.45) is 7.05 Å². The number of hydrogen-bond acceptors (Lipinski definition) is 3. The van der Waals surface area contributed by atoms with Gasteiger partial charge in [0.1, 0.15) is 6.04 Å². The van der Waals surface area contributed by atoms with E-state index in [-0.39, 0.29) is 4.90 Å². The molecule has 0 aliphatic heterocycles. The molecule has 7 heteroatoms. The summed E-state index contributed by atoms with van der Waals surface area (Å²) in [7, 11) is -0.741. The molecule has 0 aliphatic rings. The number of rotatable bonds is 4. The molecular formula is C13H16N2O4S. The number of carboxylic acids is 1. The molecule has 1 heterocycles. The number of carbonyl (C=O) groups is 1. The fraction of sp³-hybridized carbons (Fsp3) is 0.308. The zero-order chi connectivity index (χ0) is 15.1. The van der Waals surface area contributed by atoms with Crippen LogP contribution in [0.5, 0.6) is 0 Å². The Bertz CT molecular complexity index is 764. The number of aliphatic carboxylic acids is 1. The summed E-state index contributed by atoms with van der Waals surface area (Å²) < 4.78 is 27.5. The van der Waals surface area contributed by atoms with Crippen molar-refractivity contribution >= 4 is 26.9 Å². The fourth-order valence-corrected chi connectivity index (χ4v) is 3.27. The van der Waals surface area contributed by atoms with E-state index >= 15 is 0 Å². The van der Waals surface area contributed by atoms with E-state index < -0.39 is 22.0 Å². The van der Waals surface area contributed by atoms with Crippen molar-refractivity contribution in [3.8, 4) is 0 Å². The predicted molar refractivity (Wildman–Crippen MR) is 75.0 cm³/mol. The number of sulfonamides is 1. The van der Waals surface area contributed by atoms with Crippen LogP contribution < -0.4 is 0 Å². The van der Waals surface area contributed by atoms with Gasteiger partial charge in [-0.05, 0) is 30.5 Å². The van der Waals surface area contributed by atoms with Crippen LogP contribution in [0.1, 0.15) is 6.92 Å². The normalized spacial score (nSPS) is 13.8. The van der Waals surface area contributed by atoms with E-state index in [0.717, 1.165) is 15.2 Å². The third-order valence-corrected chi connectivity index (χ3v) is 5.36. The Morgan fingerprint density at radius 3 is 2.60 bits per heavy atom. The van der Waals surface area contributed by atoms with Crippen LogP contribution in [0.15, 0.2) is 35.4 Å². The summed E-state index contributed by atoms with van der Waals surface area (Å²) in [6, 6.07) is 5.51. The second-order valence-electron chi connectivity index (χ2n) is 4.68. The van der Waals surface area contributed by atoms with E-state index in [0.29, 0.717) is 0 Å². The van der Waals surface area contributed by atoms with Crippen molar-refractivity contribution in [3.63, 3.8) is 0 Å². The number of nitrogens with zero attached hydrogens (tertiary/aromatic N) is 2. The first-order chi connectivity index (χ1) is 9.25. The van der Waals surface area contributed by atoms with E-state index in [4.69, 9.17) is 5.11 Å². The Morgan fingerprint density at radius 2 is 2.00 bits per heavy atom. The van der Waals surface area contributed by atoms with Crippen molar-refractivity contribution in [1.29, 1.82) is 0 Å². The molecule has 0 bridgehead atoms. The SMILES string of the molecule is C[C@H](C(=O)O)N(C)S(=O)(=O)c1ccc2ccn(C)c2c1. The second-order valence-corrected chi connectivity index (χ2v) is 6.68. The average Bonchev–Trinajstić information content (AvgIpc) is 2.78. The summed E-state index contributed by atoms with van der Waals surface area (Å²) in [6.45, 7) is 1.33. The number of aromatic nitrogens is 1. The topological polar surface area (TPSA) is 79.6 Å². The summed E-state index contributed by atoms with van der Waals surface area (Å²) in [4.78, 5) is 11.0. The van der Waals surface area contributed by atoms with E-state index in [1.807, 2.05) is 23.9 Å². The number of likely N-dealkylation sites (N-methyl/N-ethyl adjacent to an activating group) is 1. The molecule has 0 spiro atoms. The minimum atomic E-state index is -3.83. The summed E-state index contributed by atoms with van der Waals surface area (Å²) >= 11 is 0. The molecule has 2 rings (SSSR count). The minimum Gasteiger partial charge on any atom is -0.480 e. The van der Waals surface area contributed by atoms with Crippen molar-refractivity contribution < 1.29 is 18.3 Å². The van der Waals surface area contributed by atoms with E-state index in [1.54, 1.807) is 12.1 Å². The number of benzene rings is 1. The first-order valence-electron chi connectivity index (χ1n) is 6.01. The van der Waals surface area contributed by atoms with Gasteiger partial charge >= 0.3 is 5.97 Å². The fourth-order valence-electron chi connectivity index (χ4n) is 1.93. The highest BCUT2D eigenvalue weighted by molar-refractivity contribution is 7.89. The van der Waals surface area contributed by atoms with Crippen molar-refractivity contribution in [2.45, 2.75) is 17.9 Å². The summed E-state index contributed by atoms with van der Waals surface area (Å²) in [5, 5.41) is 9.87. The average molecular weight is 296 g/mol. The number of aryl methyl sites for hydroxylation is 1. The van der Waals surface area contributed by atoms with Crippen LogP contribution in [0.25, 0.3) is 10.9 Å². The molecule has 1 aromatic carbocycles. The van der Waals surface area contributed by atoms with Crippen LogP contribution in [0.3, 0.4) is 0 Å². The lowest BCUT2D eigenvalue weighted by atomic mass is 10.2. The van der Waals surface area contributed by atoms with Crippen molar-refractivity contribution in [2.75, 3.05) is 7.05 Å². The molecule has 0 saturated heterocycles. The van der Waals surface area contributed by atoms with Gasteiger partial charge in [0.2, 0.25) is 10.0 Å². The maximum atomic E-state index is 12.4. The molecule has 1 aromatic heterocycles. The molecule has 6 nitrogen and oxygen atoms in total. The number of carboxylic acid groups (broad SMARTS) is 1. The van der Waals surface area contributed by atoms with Crippen molar-refractivity contribution in [1.82, 2.24) is 8.87 Å². The smallest absolute Gasteiger partial charge is 0.321 e. The molecule has 108 valence electrons. The summed E-state index contributed by atoms with van der Waals surface area (Å²) in [6.07, 6.45) is 1.84. The van der Waals surface area contributed by atoms with Crippen LogP contribution in [0.2, 0.25) is 0 Å². The molecule has 20 heavy (non-hydrogen) atoms. The van der Waals surface area contributed by atoms with E-state index in [1.165, 1.54) is 20.0 Å². The van der Waals surface area contributed by atoms with E-state index in [9.17, 15) is 13.2 Å². The Balaban J connectivity index is 2.51. The van der Waals surface area contributed by atoms with Crippen LogP contribution in [0, 0.1) is 0 Å². The van der Waals surface area contributed by atoms with Gasteiger partial charge in [0.25, 0.3) is 0 Å². The first-order valence-corrected chi connectivity index (χ1v) is 7.45. The lowest BCUT2D eigenvalue weighted by molar-refractivity contribution is -0.140. The van der Waals surface area contributed by atoms with Gasteiger partial charge in [0.05, 0.1) is 4.90 Å². The minimum absolute atomic E-state index is 0.0856. The highest BCUT2D eigenvalue weighted by Gasteiger charge is 2.29. The summed E-state index contributed by atoms with van der Waals surface area (Å²) in [5.41, 5.74) is 0.780. The van der Waals surface area contributed by atoms with Crippen molar-refractivity contribution in [3.05, 3.63) is 30.5 Å². The van der Waals surface area contributed by atoms with Crippen LogP contribution in [-0.2, 0) is 21.9 Å². The second kappa shape index (κ2) is 4.92. The van der Waals surface area contributed by atoms with Gasteiger partial charge in [0, 0.05) is 25.8 Å². The Kier molecular flexibility index (Phi) is 3.58. The predicted octanol–water partition coefficient (Wildman–Crippen LogP) is 1.27. The lowest BCUT2D eigenvalue weighted by Crippen LogP contribution is -2.40. The molecule has 0 radical (unpaired) electrons. The first kappa shape index (κ1) is 14.5. The Morgan fingerprint density at radius 1 is 1.35 bits per heavy atom. The van der Waals surface area contributed by atoms with Gasteiger partial charge in [-0.3, -0.25) is 4.79 Å². The molecule has 1 N–H and O–H groups in total. The lowest BCUT2D eigenvalue weighted by Gasteiger charge is -2.21. The molecular weight excluding hydrogens is 280 g/mol. The standard InChI is InChI=1S/C13H16N2O4S/c1-9(13(16)17)15(3)20(18,19)11-5-4-10-6-7-14(2)12(10)8-11/h4-9H,1-3H3,(H,16,17)/t9-/m1/s1. The zero-order valence-electron chi connectivity index (χ0n) is 11.4. The maximum absolute atomic E-state index is 12.4. The number of fused-ring (bicyclic) bond motifs is 1. The molecule has 2 aromatic rings. The van der Waals surface area contributed by atoms with Gasteiger partial charge in [0.15, 0.2) is 0 Å². The van der Waals surface area contributed by atoms with Gasteiger partial charge in [-0.1, -0.05) is 6.07 Å². The van der Waals surface area contributed by atoms with Gasteiger partial charge in [-0.15, -0.1) is 0 Å². The Labute approximate surface area is 117 Å². The van der Waals surface area contributed by atoms with E-state index in [2.05, 4.69) is 0 Å².